The summed E-state index contributed by atoms with van der Waals surface area (Å²) in [4.78, 5) is 25.7. The number of carbonyl (C=O) groups excluding carboxylic acids is 1. The maximum absolute atomic E-state index is 12.6. The molecule has 0 atom stereocenters. The van der Waals surface area contributed by atoms with Crippen molar-refractivity contribution >= 4 is 40.0 Å². The third-order valence-corrected chi connectivity index (χ3v) is 4.59. The minimum Gasteiger partial charge on any atom is -0.357 e. The Morgan fingerprint density at radius 1 is 1.26 bits per heavy atom. The second kappa shape index (κ2) is 5.51. The van der Waals surface area contributed by atoms with E-state index in [2.05, 4.69) is 15.0 Å². The maximum Gasteiger partial charge on any atom is 0.274 e. The molecule has 1 amide bonds. The molecule has 0 spiro atoms. The summed E-state index contributed by atoms with van der Waals surface area (Å²) in [6.07, 6.45) is 5.30. The normalized spacial score (nSPS) is 14.1. The molecule has 0 unspecified atom stereocenters. The van der Waals surface area contributed by atoms with Crippen LogP contribution in [0.2, 0.25) is 10.0 Å². The number of hydrogen-bond acceptors (Lipinski definition) is 3. The van der Waals surface area contributed by atoms with E-state index in [1.807, 2.05) is 6.07 Å². The molecule has 3 aromatic rings. The average molecular weight is 347 g/mol. The summed E-state index contributed by atoms with van der Waals surface area (Å²) in [5.41, 5.74) is 3.39. The second-order valence-corrected chi connectivity index (χ2v) is 6.30. The molecular formula is C16H12Cl2N4O. The van der Waals surface area contributed by atoms with Crippen LogP contribution in [-0.2, 0) is 13.0 Å². The lowest BCUT2D eigenvalue weighted by molar-refractivity contribution is 0.0728. The Bertz CT molecular complexity index is 907. The molecule has 1 aromatic carbocycles. The summed E-state index contributed by atoms with van der Waals surface area (Å²) in [5.74, 6) is -0.119. The van der Waals surface area contributed by atoms with Crippen molar-refractivity contribution in [1.82, 2.24) is 19.9 Å². The van der Waals surface area contributed by atoms with Crippen LogP contribution in [0.1, 0.15) is 21.7 Å². The summed E-state index contributed by atoms with van der Waals surface area (Å²) in [6, 6.07) is 3.60. The first-order chi connectivity index (χ1) is 11.1. The Morgan fingerprint density at radius 3 is 2.91 bits per heavy atom. The van der Waals surface area contributed by atoms with E-state index < -0.39 is 0 Å². The van der Waals surface area contributed by atoms with Gasteiger partial charge in [-0.1, -0.05) is 23.2 Å². The molecule has 116 valence electrons. The molecule has 1 aliphatic rings. The molecule has 3 heterocycles. The van der Waals surface area contributed by atoms with E-state index in [1.165, 1.54) is 12.4 Å². The van der Waals surface area contributed by atoms with Crippen LogP contribution in [0.3, 0.4) is 0 Å². The number of halogens is 2. The van der Waals surface area contributed by atoms with Crippen LogP contribution in [0.4, 0.5) is 0 Å². The molecule has 0 bridgehead atoms. The Kier molecular flexibility index (Phi) is 3.47. The highest BCUT2D eigenvalue weighted by molar-refractivity contribution is 6.38. The van der Waals surface area contributed by atoms with Crippen LogP contribution in [0.5, 0.6) is 0 Å². The Hall–Kier alpha value is -2.11. The van der Waals surface area contributed by atoms with Crippen LogP contribution < -0.4 is 0 Å². The van der Waals surface area contributed by atoms with Gasteiger partial charge >= 0.3 is 0 Å². The number of H-pyrrole nitrogens is 1. The third-order valence-electron chi connectivity index (χ3n) is 4.07. The number of nitrogens with zero attached hydrogens (tertiary/aromatic N) is 3. The summed E-state index contributed by atoms with van der Waals surface area (Å²) in [5, 5.41) is 2.14. The summed E-state index contributed by atoms with van der Waals surface area (Å²) < 4.78 is 0. The molecule has 4 rings (SSSR count). The number of fused-ring (bicyclic) bond motifs is 3. The monoisotopic (exact) mass is 346 g/mol. The minimum absolute atomic E-state index is 0.119. The van der Waals surface area contributed by atoms with Gasteiger partial charge in [0.2, 0.25) is 0 Å². The standard InChI is InChI=1S/C16H12Cl2N4O/c17-9-5-10-11-8-22(16(23)14-7-19-2-3-20-14)4-1-13(11)21-15(10)12(18)6-9/h2-3,5-7,21H,1,4,8H2. The lowest BCUT2D eigenvalue weighted by Gasteiger charge is -2.26. The molecule has 0 saturated carbocycles. The van der Waals surface area contributed by atoms with Gasteiger partial charge < -0.3 is 9.88 Å². The van der Waals surface area contributed by atoms with E-state index in [-0.39, 0.29) is 5.91 Å². The number of benzene rings is 1. The van der Waals surface area contributed by atoms with Gasteiger partial charge in [-0.2, -0.15) is 0 Å². The van der Waals surface area contributed by atoms with Crippen LogP contribution in [-0.4, -0.2) is 32.3 Å². The van der Waals surface area contributed by atoms with Crippen molar-refractivity contribution < 1.29 is 4.79 Å². The van der Waals surface area contributed by atoms with E-state index in [0.717, 1.165) is 28.6 Å². The molecular weight excluding hydrogens is 335 g/mol. The molecule has 0 fully saturated rings. The maximum atomic E-state index is 12.6. The lowest BCUT2D eigenvalue weighted by Crippen LogP contribution is -2.36. The molecule has 5 nitrogen and oxygen atoms in total. The third kappa shape index (κ3) is 2.46. The number of nitrogens with one attached hydrogen (secondary N) is 1. The van der Waals surface area contributed by atoms with Gasteiger partial charge in [0.05, 0.1) is 16.7 Å². The lowest BCUT2D eigenvalue weighted by atomic mass is 10.0. The highest BCUT2D eigenvalue weighted by atomic mass is 35.5. The zero-order chi connectivity index (χ0) is 16.0. The smallest absolute Gasteiger partial charge is 0.274 e. The topological polar surface area (TPSA) is 61.9 Å². The minimum atomic E-state index is -0.119. The van der Waals surface area contributed by atoms with Crippen molar-refractivity contribution in [2.75, 3.05) is 6.54 Å². The molecule has 2 aromatic heterocycles. The van der Waals surface area contributed by atoms with Crippen molar-refractivity contribution in [2.45, 2.75) is 13.0 Å². The van der Waals surface area contributed by atoms with Crippen molar-refractivity contribution in [3.8, 4) is 0 Å². The van der Waals surface area contributed by atoms with Gasteiger partial charge in [-0.25, -0.2) is 4.98 Å². The van der Waals surface area contributed by atoms with E-state index in [4.69, 9.17) is 23.2 Å². The Labute approximate surface area is 142 Å². The quantitative estimate of drug-likeness (QED) is 0.733. The van der Waals surface area contributed by atoms with Gasteiger partial charge in [-0.05, 0) is 12.1 Å². The highest BCUT2D eigenvalue weighted by Gasteiger charge is 2.26. The van der Waals surface area contributed by atoms with Crippen LogP contribution in [0.25, 0.3) is 10.9 Å². The van der Waals surface area contributed by atoms with E-state index in [1.54, 1.807) is 17.2 Å². The number of hydrogen-bond donors (Lipinski definition) is 1. The first kappa shape index (κ1) is 14.5. The zero-order valence-electron chi connectivity index (χ0n) is 12.0. The van der Waals surface area contributed by atoms with Crippen molar-refractivity contribution in [2.24, 2.45) is 0 Å². The fraction of sp³-hybridized carbons (Fsp3) is 0.188. The fourth-order valence-electron chi connectivity index (χ4n) is 2.98. The van der Waals surface area contributed by atoms with Gasteiger partial charge in [0.15, 0.2) is 0 Å². The van der Waals surface area contributed by atoms with Gasteiger partial charge in [-0.3, -0.25) is 9.78 Å². The first-order valence-electron chi connectivity index (χ1n) is 7.17. The molecule has 23 heavy (non-hydrogen) atoms. The Morgan fingerprint density at radius 2 is 2.13 bits per heavy atom. The summed E-state index contributed by atoms with van der Waals surface area (Å²) in [6.45, 7) is 1.13. The number of aromatic nitrogens is 3. The average Bonchev–Trinajstić information content (AvgIpc) is 2.93. The number of carbonyl (C=O) groups is 1. The molecule has 0 aliphatic carbocycles. The van der Waals surface area contributed by atoms with Gasteiger partial charge in [0, 0.05) is 53.6 Å². The Balaban J connectivity index is 1.73. The summed E-state index contributed by atoms with van der Waals surface area (Å²) in [7, 11) is 0. The van der Waals surface area contributed by atoms with Gasteiger partial charge in [0.1, 0.15) is 5.69 Å². The van der Waals surface area contributed by atoms with E-state index in [0.29, 0.717) is 28.8 Å². The predicted octanol–water partition coefficient (Wildman–Crippen LogP) is 3.46. The largest absolute Gasteiger partial charge is 0.357 e. The van der Waals surface area contributed by atoms with E-state index in [9.17, 15) is 4.79 Å². The number of amides is 1. The van der Waals surface area contributed by atoms with Crippen LogP contribution >= 0.6 is 23.2 Å². The van der Waals surface area contributed by atoms with Gasteiger partial charge in [0.25, 0.3) is 5.91 Å². The van der Waals surface area contributed by atoms with Crippen molar-refractivity contribution in [3.63, 3.8) is 0 Å². The van der Waals surface area contributed by atoms with Gasteiger partial charge in [-0.15, -0.1) is 0 Å². The van der Waals surface area contributed by atoms with Crippen LogP contribution in [0, 0.1) is 0 Å². The van der Waals surface area contributed by atoms with E-state index >= 15 is 0 Å². The van der Waals surface area contributed by atoms with Crippen molar-refractivity contribution in [3.05, 3.63) is 57.7 Å². The highest BCUT2D eigenvalue weighted by Crippen LogP contribution is 2.34. The SMILES string of the molecule is O=C(c1cnccn1)N1CCc2[nH]c3c(Cl)cc(Cl)cc3c2C1. The van der Waals surface area contributed by atoms with Crippen molar-refractivity contribution in [1.29, 1.82) is 0 Å². The zero-order valence-corrected chi connectivity index (χ0v) is 13.5. The first-order valence-corrected chi connectivity index (χ1v) is 7.93. The molecule has 7 heteroatoms. The molecule has 0 saturated heterocycles. The molecule has 1 aliphatic heterocycles. The summed E-state index contributed by atoms with van der Waals surface area (Å²) >= 11 is 12.4. The fourth-order valence-corrected chi connectivity index (χ4v) is 3.52. The molecule has 0 radical (unpaired) electrons. The van der Waals surface area contributed by atoms with Crippen LogP contribution in [0.15, 0.2) is 30.7 Å². The molecule has 1 N–H and O–H groups in total. The number of aromatic amines is 1. The predicted molar refractivity (Wildman–Crippen MR) is 88.8 cm³/mol. The number of rotatable bonds is 1. The second-order valence-electron chi connectivity index (χ2n) is 5.46.